The Morgan fingerprint density at radius 2 is 1.74 bits per heavy atom. The maximum Gasteiger partial charge on any atom is 0.306 e. The maximum atomic E-state index is 14.1. The average Bonchev–Trinajstić information content (AvgIpc) is 3.91. The molecule has 1 aliphatic heterocycles. The Kier molecular flexibility index (Phi) is 11.0. The van der Waals surface area contributed by atoms with Gasteiger partial charge in [0.05, 0.1) is 38.0 Å². The molecule has 1 amide bonds. The molecule has 1 saturated heterocycles. The van der Waals surface area contributed by atoms with Crippen molar-refractivity contribution in [1.82, 2.24) is 4.98 Å². The van der Waals surface area contributed by atoms with Gasteiger partial charge in [-0.3, -0.25) is 19.3 Å². The Hall–Kier alpha value is -4.27. The molecule has 0 bridgehead atoms. The molecular weight excluding hydrogens is 582 g/mol. The van der Waals surface area contributed by atoms with E-state index in [0.29, 0.717) is 55.1 Å². The van der Waals surface area contributed by atoms with E-state index in [4.69, 9.17) is 14.2 Å². The van der Waals surface area contributed by atoms with E-state index >= 15 is 0 Å². The first-order valence-electron chi connectivity index (χ1n) is 16.6. The average molecular weight is 630 g/mol. The van der Waals surface area contributed by atoms with Crippen LogP contribution >= 0.6 is 0 Å². The van der Waals surface area contributed by atoms with E-state index in [0.717, 1.165) is 55.8 Å². The van der Waals surface area contributed by atoms with Gasteiger partial charge in [-0.25, -0.2) is 0 Å². The minimum absolute atomic E-state index is 0.138. The molecule has 1 N–H and O–H groups in total. The highest BCUT2D eigenvalue weighted by Crippen LogP contribution is 2.45. The Labute approximate surface area is 271 Å². The van der Waals surface area contributed by atoms with E-state index in [1.807, 2.05) is 51.1 Å². The molecule has 1 atom stereocenters. The SMILES string of the molecule is CCOC(=O)CC(c1cccc(OCC2CCN(c3cc(OC)ccc3C(=O)N(CC(C)C)c3cccc(=O)[nH]3)CC2)c1)C1CC1. The van der Waals surface area contributed by atoms with Crippen LogP contribution in [0, 0.1) is 17.8 Å². The number of H-pyrrole nitrogens is 1. The lowest BCUT2D eigenvalue weighted by Crippen LogP contribution is -2.39. The van der Waals surface area contributed by atoms with Crippen LogP contribution in [0.2, 0.25) is 0 Å². The van der Waals surface area contributed by atoms with E-state index in [-0.39, 0.29) is 29.3 Å². The summed E-state index contributed by atoms with van der Waals surface area (Å²) < 4.78 is 17.1. The number of benzene rings is 2. The molecule has 2 heterocycles. The van der Waals surface area contributed by atoms with Crippen LogP contribution in [0.5, 0.6) is 11.5 Å². The Balaban J connectivity index is 1.25. The fourth-order valence-electron chi connectivity index (χ4n) is 6.32. The molecule has 0 radical (unpaired) electrons. The molecule has 1 aromatic heterocycles. The van der Waals surface area contributed by atoms with Crippen molar-refractivity contribution in [2.75, 3.05) is 49.8 Å². The Morgan fingerprint density at radius 3 is 2.41 bits per heavy atom. The first-order valence-corrected chi connectivity index (χ1v) is 16.6. The van der Waals surface area contributed by atoms with Gasteiger partial charge in [0.15, 0.2) is 0 Å². The fraction of sp³-hybridized carbons (Fsp3) is 0.486. The van der Waals surface area contributed by atoms with Crippen molar-refractivity contribution in [3.8, 4) is 11.5 Å². The van der Waals surface area contributed by atoms with Gasteiger partial charge >= 0.3 is 5.97 Å². The minimum atomic E-state index is -0.246. The molecule has 5 rings (SSSR count). The second kappa shape index (κ2) is 15.3. The molecule has 3 aromatic rings. The first kappa shape index (κ1) is 33.1. The van der Waals surface area contributed by atoms with Crippen LogP contribution in [0.4, 0.5) is 11.5 Å². The minimum Gasteiger partial charge on any atom is -0.497 e. The van der Waals surface area contributed by atoms with Crippen LogP contribution < -0.4 is 24.8 Å². The van der Waals surface area contributed by atoms with Gasteiger partial charge in [-0.15, -0.1) is 0 Å². The van der Waals surface area contributed by atoms with Crippen LogP contribution in [0.3, 0.4) is 0 Å². The summed E-state index contributed by atoms with van der Waals surface area (Å²) in [6.45, 7) is 8.97. The quantitative estimate of drug-likeness (QED) is 0.205. The smallest absolute Gasteiger partial charge is 0.306 e. The van der Waals surface area contributed by atoms with Crippen LogP contribution in [0.1, 0.15) is 74.7 Å². The number of aromatic nitrogens is 1. The monoisotopic (exact) mass is 629 g/mol. The number of nitrogens with zero attached hydrogens (tertiary/aromatic N) is 2. The van der Waals surface area contributed by atoms with Crippen LogP contribution in [-0.2, 0) is 9.53 Å². The number of methoxy groups -OCH3 is 1. The largest absolute Gasteiger partial charge is 0.497 e. The van der Waals surface area contributed by atoms with E-state index in [9.17, 15) is 14.4 Å². The van der Waals surface area contributed by atoms with Crippen molar-refractivity contribution in [3.63, 3.8) is 0 Å². The highest BCUT2D eigenvalue weighted by Gasteiger charge is 2.34. The van der Waals surface area contributed by atoms with E-state index in [1.165, 1.54) is 6.07 Å². The van der Waals surface area contributed by atoms with Crippen molar-refractivity contribution < 1.29 is 23.8 Å². The number of aromatic amines is 1. The number of carbonyl (C=O) groups excluding carboxylic acids is 2. The number of esters is 1. The van der Waals surface area contributed by atoms with Gasteiger partial charge in [0, 0.05) is 31.8 Å². The number of amides is 1. The van der Waals surface area contributed by atoms with E-state index in [1.54, 1.807) is 24.1 Å². The van der Waals surface area contributed by atoms with Gasteiger partial charge in [0.1, 0.15) is 17.3 Å². The number of piperidine rings is 1. The number of ether oxygens (including phenoxy) is 3. The zero-order chi connectivity index (χ0) is 32.6. The summed E-state index contributed by atoms with van der Waals surface area (Å²) in [6, 6.07) is 18.6. The number of carbonyl (C=O) groups is 2. The number of rotatable bonds is 14. The lowest BCUT2D eigenvalue weighted by atomic mass is 9.91. The lowest BCUT2D eigenvalue weighted by Gasteiger charge is -2.35. The van der Waals surface area contributed by atoms with Gasteiger partial charge in [-0.1, -0.05) is 32.0 Å². The lowest BCUT2D eigenvalue weighted by molar-refractivity contribution is -0.143. The van der Waals surface area contributed by atoms with Gasteiger partial charge in [0.25, 0.3) is 5.91 Å². The molecule has 46 heavy (non-hydrogen) atoms. The predicted molar refractivity (Wildman–Crippen MR) is 180 cm³/mol. The highest BCUT2D eigenvalue weighted by molar-refractivity contribution is 6.09. The van der Waals surface area contributed by atoms with Gasteiger partial charge in [0.2, 0.25) is 5.56 Å². The molecule has 2 aromatic carbocycles. The summed E-state index contributed by atoms with van der Waals surface area (Å²) in [6.07, 6.45) is 4.54. The number of hydrogen-bond acceptors (Lipinski definition) is 7. The van der Waals surface area contributed by atoms with Gasteiger partial charge in [-0.05, 0) is 92.2 Å². The summed E-state index contributed by atoms with van der Waals surface area (Å²) in [4.78, 5) is 45.2. The summed E-state index contributed by atoms with van der Waals surface area (Å²) >= 11 is 0. The van der Waals surface area contributed by atoms with Crippen molar-refractivity contribution in [2.24, 2.45) is 17.8 Å². The number of anilines is 2. The molecule has 2 fully saturated rings. The molecule has 1 unspecified atom stereocenters. The van der Waals surface area contributed by atoms with Crippen molar-refractivity contribution in [1.29, 1.82) is 0 Å². The van der Waals surface area contributed by atoms with E-state index < -0.39 is 0 Å². The molecule has 246 valence electrons. The third-order valence-electron chi connectivity index (χ3n) is 8.88. The summed E-state index contributed by atoms with van der Waals surface area (Å²) in [5.41, 5.74) is 2.30. The van der Waals surface area contributed by atoms with Crippen LogP contribution in [0.25, 0.3) is 0 Å². The van der Waals surface area contributed by atoms with Gasteiger partial charge < -0.3 is 24.1 Å². The van der Waals surface area contributed by atoms with E-state index in [2.05, 4.69) is 22.0 Å². The second-order valence-corrected chi connectivity index (χ2v) is 12.9. The summed E-state index contributed by atoms with van der Waals surface area (Å²) in [5.74, 6) is 2.98. The Bertz CT molecular complexity index is 1540. The molecule has 9 heteroatoms. The number of nitrogens with one attached hydrogen (secondary N) is 1. The van der Waals surface area contributed by atoms with Gasteiger partial charge in [-0.2, -0.15) is 0 Å². The molecular formula is C37H47N3O6. The normalized spacial score (nSPS) is 15.8. The van der Waals surface area contributed by atoms with Crippen LogP contribution in [-0.4, -0.2) is 56.8 Å². The zero-order valence-electron chi connectivity index (χ0n) is 27.5. The molecule has 1 aliphatic carbocycles. The number of pyridine rings is 1. The van der Waals surface area contributed by atoms with Crippen molar-refractivity contribution in [3.05, 3.63) is 82.1 Å². The standard InChI is InChI=1S/C37H47N3O6/c1-5-45-36(42)22-32(27-12-13-27)28-8-6-9-30(20-28)46-24-26-16-18-39(19-17-26)33-21-29(44-4)14-15-31(33)37(43)40(23-25(2)3)34-10-7-11-35(41)38-34/h6-11,14-15,20-21,25-27,32H,5,12-13,16-19,22-24H2,1-4H3,(H,38,41). The highest BCUT2D eigenvalue weighted by atomic mass is 16.5. The Morgan fingerprint density at radius 1 is 0.978 bits per heavy atom. The topological polar surface area (TPSA) is 101 Å². The predicted octanol–water partition coefficient (Wildman–Crippen LogP) is 6.43. The molecule has 2 aliphatic rings. The zero-order valence-corrected chi connectivity index (χ0v) is 27.5. The molecule has 0 spiro atoms. The molecule has 1 saturated carbocycles. The number of hydrogen-bond donors (Lipinski definition) is 1. The second-order valence-electron chi connectivity index (χ2n) is 12.9. The maximum absolute atomic E-state index is 14.1. The van der Waals surface area contributed by atoms with Crippen molar-refractivity contribution in [2.45, 2.75) is 58.8 Å². The third-order valence-corrected chi connectivity index (χ3v) is 8.88. The summed E-state index contributed by atoms with van der Waals surface area (Å²) in [5, 5.41) is 0. The van der Waals surface area contributed by atoms with Crippen LogP contribution in [0.15, 0.2) is 65.5 Å². The summed E-state index contributed by atoms with van der Waals surface area (Å²) in [7, 11) is 1.63. The van der Waals surface area contributed by atoms with Crippen molar-refractivity contribution >= 4 is 23.4 Å². The first-order chi connectivity index (χ1) is 22.2. The third kappa shape index (κ3) is 8.50. The molecule has 9 nitrogen and oxygen atoms in total. The fourth-order valence-corrected chi connectivity index (χ4v) is 6.32.